The Hall–Kier alpha value is -1.22. The van der Waals surface area contributed by atoms with Gasteiger partial charge >= 0.3 is 0 Å². The van der Waals surface area contributed by atoms with Gasteiger partial charge in [-0.1, -0.05) is 32.9 Å². The van der Waals surface area contributed by atoms with Crippen molar-refractivity contribution in [2.45, 2.75) is 39.2 Å². The molecule has 0 bridgehead atoms. The van der Waals surface area contributed by atoms with Crippen molar-refractivity contribution in [3.8, 4) is 0 Å². The molecule has 2 unspecified atom stereocenters. The molecular formula is C18H29N3. The first-order valence-electron chi connectivity index (χ1n) is 8.17. The normalized spacial score (nSPS) is 31.4. The molecule has 1 aliphatic carbocycles. The minimum Gasteiger partial charge on any atom is -0.371 e. The van der Waals surface area contributed by atoms with Crippen LogP contribution in [0.1, 0.15) is 33.6 Å². The highest BCUT2D eigenvalue weighted by Crippen LogP contribution is 2.52. The van der Waals surface area contributed by atoms with Gasteiger partial charge in [-0.05, 0) is 36.3 Å². The largest absolute Gasteiger partial charge is 0.371 e. The zero-order valence-electron chi connectivity index (χ0n) is 13.9. The lowest BCUT2D eigenvalue weighted by Gasteiger charge is -2.50. The summed E-state index contributed by atoms with van der Waals surface area (Å²) in [5.74, 6) is 0.633. The van der Waals surface area contributed by atoms with Crippen LogP contribution in [0.2, 0.25) is 0 Å². The van der Waals surface area contributed by atoms with E-state index in [-0.39, 0.29) is 5.54 Å². The van der Waals surface area contributed by atoms with Crippen LogP contribution in [0, 0.1) is 11.3 Å². The van der Waals surface area contributed by atoms with Gasteiger partial charge in [-0.3, -0.25) is 0 Å². The van der Waals surface area contributed by atoms with Crippen LogP contribution in [-0.2, 0) is 0 Å². The van der Waals surface area contributed by atoms with Crippen LogP contribution in [0.3, 0.4) is 0 Å². The van der Waals surface area contributed by atoms with Crippen LogP contribution >= 0.6 is 0 Å². The van der Waals surface area contributed by atoms with E-state index < -0.39 is 0 Å². The molecule has 2 N–H and O–H groups in total. The minimum atomic E-state index is 0.112. The molecule has 0 spiro atoms. The van der Waals surface area contributed by atoms with E-state index in [1.807, 2.05) is 0 Å². The summed E-state index contributed by atoms with van der Waals surface area (Å²) < 4.78 is 0. The number of nitrogens with two attached hydrogens (primary N) is 1. The smallest absolute Gasteiger partial charge is 0.0609 e. The highest BCUT2D eigenvalue weighted by atomic mass is 15.3. The van der Waals surface area contributed by atoms with Crippen molar-refractivity contribution in [3.63, 3.8) is 0 Å². The first-order valence-corrected chi connectivity index (χ1v) is 8.17. The first-order chi connectivity index (χ1) is 9.89. The van der Waals surface area contributed by atoms with E-state index in [0.717, 1.165) is 19.6 Å². The van der Waals surface area contributed by atoms with Crippen molar-refractivity contribution in [3.05, 3.63) is 24.3 Å². The summed E-state index contributed by atoms with van der Waals surface area (Å²) in [5.41, 5.74) is 9.55. The molecule has 1 fully saturated rings. The Morgan fingerprint density at radius 2 is 1.86 bits per heavy atom. The first kappa shape index (κ1) is 14.7. The molecule has 0 saturated heterocycles. The van der Waals surface area contributed by atoms with Crippen molar-refractivity contribution in [2.24, 2.45) is 17.1 Å². The van der Waals surface area contributed by atoms with Crippen molar-refractivity contribution in [2.75, 3.05) is 36.5 Å². The Morgan fingerprint density at radius 1 is 1.19 bits per heavy atom. The molecule has 116 valence electrons. The van der Waals surface area contributed by atoms with Crippen molar-refractivity contribution >= 4 is 11.4 Å². The highest BCUT2D eigenvalue weighted by Gasteiger charge is 2.52. The topological polar surface area (TPSA) is 32.5 Å². The Bertz CT molecular complexity index is 525. The molecule has 0 aromatic heterocycles. The summed E-state index contributed by atoms with van der Waals surface area (Å²) in [7, 11) is 2.19. The molecule has 1 aliphatic heterocycles. The molecular weight excluding hydrogens is 258 g/mol. The van der Waals surface area contributed by atoms with E-state index in [1.165, 1.54) is 24.2 Å². The van der Waals surface area contributed by atoms with E-state index >= 15 is 0 Å². The van der Waals surface area contributed by atoms with E-state index in [9.17, 15) is 0 Å². The van der Waals surface area contributed by atoms with Gasteiger partial charge in [0.2, 0.25) is 0 Å². The molecule has 2 aliphatic rings. The number of anilines is 2. The maximum atomic E-state index is 6.35. The van der Waals surface area contributed by atoms with Crippen molar-refractivity contribution in [1.29, 1.82) is 0 Å². The summed E-state index contributed by atoms with van der Waals surface area (Å²) in [5, 5.41) is 0. The molecule has 3 nitrogen and oxygen atoms in total. The Morgan fingerprint density at radius 3 is 2.43 bits per heavy atom. The third-order valence-electron chi connectivity index (χ3n) is 5.69. The van der Waals surface area contributed by atoms with Crippen LogP contribution in [-0.4, -0.2) is 32.2 Å². The van der Waals surface area contributed by atoms with E-state index in [2.05, 4.69) is 61.9 Å². The summed E-state index contributed by atoms with van der Waals surface area (Å²) in [6.45, 7) is 10.1. The number of fused-ring (bicyclic) bond motifs is 1. The lowest BCUT2D eigenvalue weighted by molar-refractivity contribution is 0.302. The predicted molar refractivity (Wildman–Crippen MR) is 91.0 cm³/mol. The average molecular weight is 287 g/mol. The highest BCUT2D eigenvalue weighted by molar-refractivity contribution is 5.74. The fourth-order valence-electron chi connectivity index (χ4n) is 4.81. The van der Waals surface area contributed by atoms with Crippen molar-refractivity contribution in [1.82, 2.24) is 0 Å². The maximum absolute atomic E-state index is 6.35. The van der Waals surface area contributed by atoms with E-state index in [4.69, 9.17) is 5.73 Å². The quantitative estimate of drug-likeness (QED) is 0.907. The van der Waals surface area contributed by atoms with Crippen molar-refractivity contribution < 1.29 is 0 Å². The molecule has 1 aromatic carbocycles. The summed E-state index contributed by atoms with van der Waals surface area (Å²) in [4.78, 5) is 4.99. The standard InChI is InChI=1S/C18H29N3/c1-14-11-17(2,3)12-18(14,13-19)21-10-9-20(4)15-7-5-6-8-16(15)21/h5-8,14H,9-13,19H2,1-4H3. The Balaban J connectivity index is 2.05. The van der Waals surface area contributed by atoms with Gasteiger partial charge in [-0.15, -0.1) is 0 Å². The van der Waals surface area contributed by atoms with Gasteiger partial charge in [0, 0.05) is 26.7 Å². The van der Waals surface area contributed by atoms with Gasteiger partial charge in [-0.2, -0.15) is 0 Å². The van der Waals surface area contributed by atoms with Gasteiger partial charge < -0.3 is 15.5 Å². The summed E-state index contributed by atoms with van der Waals surface area (Å²) in [6, 6.07) is 8.78. The Kier molecular flexibility index (Phi) is 3.44. The number of benzene rings is 1. The predicted octanol–water partition coefficient (Wildman–Crippen LogP) is 3.10. The van der Waals surface area contributed by atoms with E-state index in [0.29, 0.717) is 11.3 Å². The summed E-state index contributed by atoms with van der Waals surface area (Å²) >= 11 is 0. The molecule has 0 amide bonds. The molecule has 2 atom stereocenters. The Labute approximate surface area is 129 Å². The molecule has 0 radical (unpaired) electrons. The lowest BCUT2D eigenvalue weighted by Crippen LogP contribution is -2.59. The maximum Gasteiger partial charge on any atom is 0.0609 e. The molecule has 3 heteroatoms. The van der Waals surface area contributed by atoms with Gasteiger partial charge in [-0.25, -0.2) is 0 Å². The number of rotatable bonds is 2. The molecule has 1 saturated carbocycles. The second kappa shape index (κ2) is 4.91. The number of nitrogens with zero attached hydrogens (tertiary/aromatic N) is 2. The molecule has 21 heavy (non-hydrogen) atoms. The zero-order chi connectivity index (χ0) is 15.3. The SMILES string of the molecule is CC1CC(C)(C)CC1(CN)N1CCN(C)c2ccccc21. The fourth-order valence-corrected chi connectivity index (χ4v) is 4.81. The van der Waals surface area contributed by atoms with Crippen LogP contribution in [0.5, 0.6) is 0 Å². The lowest BCUT2D eigenvalue weighted by atomic mass is 9.83. The number of para-hydroxylation sites is 2. The van der Waals surface area contributed by atoms with Crippen LogP contribution in [0.25, 0.3) is 0 Å². The monoisotopic (exact) mass is 287 g/mol. The molecule has 1 heterocycles. The second-order valence-corrected chi connectivity index (χ2v) is 7.82. The third-order valence-corrected chi connectivity index (χ3v) is 5.69. The second-order valence-electron chi connectivity index (χ2n) is 7.82. The molecule has 1 aromatic rings. The number of hydrogen-bond acceptors (Lipinski definition) is 3. The zero-order valence-corrected chi connectivity index (χ0v) is 13.9. The van der Waals surface area contributed by atoms with Crippen LogP contribution in [0.4, 0.5) is 11.4 Å². The third kappa shape index (κ3) is 2.22. The van der Waals surface area contributed by atoms with Gasteiger partial charge in [0.05, 0.1) is 16.9 Å². The molecule has 3 rings (SSSR count). The van der Waals surface area contributed by atoms with Gasteiger partial charge in [0.1, 0.15) is 0 Å². The van der Waals surface area contributed by atoms with Crippen LogP contribution < -0.4 is 15.5 Å². The van der Waals surface area contributed by atoms with Gasteiger partial charge in [0.25, 0.3) is 0 Å². The van der Waals surface area contributed by atoms with Crippen LogP contribution in [0.15, 0.2) is 24.3 Å². The average Bonchev–Trinajstić information content (AvgIpc) is 2.69. The van der Waals surface area contributed by atoms with Gasteiger partial charge in [0.15, 0.2) is 0 Å². The number of likely N-dealkylation sites (N-methyl/N-ethyl adjacent to an activating group) is 1. The van der Waals surface area contributed by atoms with E-state index in [1.54, 1.807) is 0 Å². The minimum absolute atomic E-state index is 0.112. The fraction of sp³-hybridized carbons (Fsp3) is 0.667. The number of hydrogen-bond donors (Lipinski definition) is 1. The summed E-state index contributed by atoms with van der Waals surface area (Å²) in [6.07, 6.45) is 2.45.